The van der Waals surface area contributed by atoms with E-state index in [1.54, 1.807) is 41.5 Å². The van der Waals surface area contributed by atoms with E-state index in [0.717, 1.165) is 0 Å². The maximum Gasteiger partial charge on any atom is 0.412 e. The molecule has 0 aliphatic carbocycles. The fourth-order valence-corrected chi connectivity index (χ4v) is 2.27. The minimum Gasteiger partial charge on any atom is -0.480 e. The highest BCUT2D eigenvalue weighted by Gasteiger charge is 2.24. The van der Waals surface area contributed by atoms with Crippen LogP contribution in [-0.2, 0) is 14.3 Å². The van der Waals surface area contributed by atoms with E-state index in [2.05, 4.69) is 16.0 Å². The van der Waals surface area contributed by atoms with Crippen molar-refractivity contribution in [1.82, 2.24) is 5.32 Å². The van der Waals surface area contributed by atoms with Gasteiger partial charge in [0.05, 0.1) is 11.4 Å². The molecule has 0 unspecified atom stereocenters. The zero-order chi connectivity index (χ0) is 23.1. The molecule has 0 aromatic heterocycles. The van der Waals surface area contributed by atoms with Gasteiger partial charge in [-0.05, 0) is 60.1 Å². The third kappa shape index (κ3) is 9.44. The van der Waals surface area contributed by atoms with Gasteiger partial charge in [0.15, 0.2) is 0 Å². The Kier molecular flexibility index (Phi) is 8.44. The lowest BCUT2D eigenvalue weighted by molar-refractivity contribution is -0.139. The van der Waals surface area contributed by atoms with Crippen molar-refractivity contribution in [3.05, 3.63) is 24.0 Å². The molecule has 0 bridgehead atoms. The van der Waals surface area contributed by atoms with E-state index < -0.39 is 41.2 Å². The zero-order valence-corrected chi connectivity index (χ0v) is 18.1. The van der Waals surface area contributed by atoms with Gasteiger partial charge in [-0.1, -0.05) is 6.07 Å². The van der Waals surface area contributed by atoms with E-state index in [4.69, 9.17) is 9.47 Å². The van der Waals surface area contributed by atoms with Crippen LogP contribution < -0.4 is 16.0 Å². The van der Waals surface area contributed by atoms with Gasteiger partial charge in [-0.3, -0.25) is 5.32 Å². The Bertz CT molecular complexity index is 771. The van der Waals surface area contributed by atoms with Gasteiger partial charge >= 0.3 is 18.2 Å². The number of ether oxygens (including phenoxy) is 2. The molecule has 168 valence electrons. The Morgan fingerprint density at radius 2 is 1.60 bits per heavy atom. The molecule has 0 aliphatic heterocycles. The van der Waals surface area contributed by atoms with Crippen LogP contribution in [0.15, 0.2) is 18.2 Å². The molecule has 0 spiro atoms. The van der Waals surface area contributed by atoms with Crippen molar-refractivity contribution in [2.24, 2.45) is 0 Å². The number of rotatable bonds is 7. The molecule has 0 fully saturated rings. The van der Waals surface area contributed by atoms with Crippen LogP contribution in [-0.4, -0.2) is 47.1 Å². The third-order valence-corrected chi connectivity index (χ3v) is 3.37. The topological polar surface area (TPSA) is 126 Å². The van der Waals surface area contributed by atoms with Gasteiger partial charge in [-0.25, -0.2) is 18.8 Å². The molecular weight excluding hydrogens is 397 g/mol. The van der Waals surface area contributed by atoms with Crippen LogP contribution in [0.1, 0.15) is 48.0 Å². The van der Waals surface area contributed by atoms with E-state index in [1.807, 2.05) is 0 Å². The lowest BCUT2D eigenvalue weighted by atomic mass is 10.2. The number of carboxylic acid groups (broad SMARTS) is 1. The number of aliphatic carboxylic acids is 1. The number of carbonyl (C=O) groups excluding carboxylic acids is 2. The van der Waals surface area contributed by atoms with Crippen molar-refractivity contribution in [3.8, 4) is 0 Å². The number of halogens is 1. The number of hydrogen-bond acceptors (Lipinski definition) is 6. The van der Waals surface area contributed by atoms with Gasteiger partial charge in [0.2, 0.25) is 0 Å². The predicted octanol–water partition coefficient (Wildman–Crippen LogP) is 3.95. The van der Waals surface area contributed by atoms with Crippen molar-refractivity contribution >= 4 is 29.5 Å². The second kappa shape index (κ2) is 10.1. The van der Waals surface area contributed by atoms with Crippen molar-refractivity contribution in [1.29, 1.82) is 0 Å². The Morgan fingerprint density at radius 1 is 1.03 bits per heavy atom. The molecular formula is C20H30FN3O6. The number of hydrogen-bond donors (Lipinski definition) is 4. The van der Waals surface area contributed by atoms with Gasteiger partial charge in [0.25, 0.3) is 0 Å². The zero-order valence-electron chi connectivity index (χ0n) is 18.1. The van der Waals surface area contributed by atoms with E-state index in [-0.39, 0.29) is 24.3 Å². The van der Waals surface area contributed by atoms with Gasteiger partial charge in [-0.2, -0.15) is 0 Å². The second-order valence-electron chi connectivity index (χ2n) is 8.54. The first-order valence-corrected chi connectivity index (χ1v) is 9.42. The molecule has 1 atom stereocenters. The van der Waals surface area contributed by atoms with Crippen LogP contribution >= 0.6 is 0 Å². The van der Waals surface area contributed by atoms with Crippen LogP contribution in [0.25, 0.3) is 0 Å². The Hall–Kier alpha value is -3.04. The highest BCUT2D eigenvalue weighted by atomic mass is 19.1. The number of benzene rings is 1. The number of carboxylic acids is 1. The van der Waals surface area contributed by atoms with E-state index >= 15 is 0 Å². The molecule has 1 rings (SSSR count). The highest BCUT2D eigenvalue weighted by molar-refractivity contribution is 5.89. The Balaban J connectivity index is 2.77. The minimum atomic E-state index is -1.26. The normalized spacial score (nSPS) is 12.5. The summed E-state index contributed by atoms with van der Waals surface area (Å²) in [5, 5.41) is 16.8. The smallest absolute Gasteiger partial charge is 0.412 e. The first-order chi connectivity index (χ1) is 13.7. The molecule has 9 nitrogen and oxygen atoms in total. The van der Waals surface area contributed by atoms with Crippen molar-refractivity contribution in [2.75, 3.05) is 17.2 Å². The van der Waals surface area contributed by atoms with Crippen molar-refractivity contribution in [3.63, 3.8) is 0 Å². The highest BCUT2D eigenvalue weighted by Crippen LogP contribution is 2.26. The van der Waals surface area contributed by atoms with Crippen molar-refractivity contribution in [2.45, 2.75) is 65.2 Å². The quantitative estimate of drug-likeness (QED) is 0.519. The van der Waals surface area contributed by atoms with E-state index in [9.17, 15) is 23.9 Å². The average Bonchev–Trinajstić information content (AvgIpc) is 2.52. The number of amides is 2. The maximum absolute atomic E-state index is 14.3. The third-order valence-electron chi connectivity index (χ3n) is 3.37. The number of para-hydroxylation sites is 1. The Labute approximate surface area is 175 Å². The molecule has 0 radical (unpaired) electrons. The first-order valence-electron chi connectivity index (χ1n) is 9.42. The molecule has 0 saturated carbocycles. The van der Waals surface area contributed by atoms with Gasteiger partial charge in [0.1, 0.15) is 23.1 Å². The fourth-order valence-electron chi connectivity index (χ4n) is 2.27. The van der Waals surface area contributed by atoms with Crippen LogP contribution in [0.5, 0.6) is 0 Å². The largest absolute Gasteiger partial charge is 0.480 e. The summed E-state index contributed by atoms with van der Waals surface area (Å²) in [7, 11) is 0. The second-order valence-corrected chi connectivity index (χ2v) is 8.54. The summed E-state index contributed by atoms with van der Waals surface area (Å²) in [4.78, 5) is 35.2. The number of carbonyl (C=O) groups is 3. The number of alkyl carbamates (subject to hydrolysis) is 1. The average molecular weight is 427 g/mol. The summed E-state index contributed by atoms with van der Waals surface area (Å²) in [6.07, 6.45) is -1.69. The molecule has 0 saturated heterocycles. The predicted molar refractivity (Wildman–Crippen MR) is 110 cm³/mol. The van der Waals surface area contributed by atoms with Crippen LogP contribution in [0, 0.1) is 5.82 Å². The van der Waals surface area contributed by atoms with Gasteiger partial charge in [-0.15, -0.1) is 0 Å². The van der Waals surface area contributed by atoms with Crippen LogP contribution in [0.3, 0.4) is 0 Å². The standard InChI is InChI=1S/C20H30FN3O6/c1-19(2,3)29-17(27)23-13-9-7-8-12(21)15(13)22-11-10-14(16(25)26)24-18(28)30-20(4,5)6/h7-9,14,22H,10-11H2,1-6H3,(H,23,27)(H,24,28)(H,25,26)/t14-/m0/s1. The SMILES string of the molecule is CC(C)(C)OC(=O)Nc1cccc(F)c1NCC[C@H](NC(=O)OC(C)(C)C)C(=O)O. The van der Waals surface area contributed by atoms with E-state index in [0.29, 0.717) is 0 Å². The Morgan fingerprint density at radius 3 is 2.13 bits per heavy atom. The monoisotopic (exact) mass is 427 g/mol. The summed E-state index contributed by atoms with van der Waals surface area (Å²) in [6, 6.07) is 2.83. The lowest BCUT2D eigenvalue weighted by Crippen LogP contribution is -2.44. The molecule has 0 heterocycles. The van der Waals surface area contributed by atoms with E-state index in [1.165, 1.54) is 18.2 Å². The number of nitrogens with one attached hydrogen (secondary N) is 3. The number of anilines is 2. The molecule has 10 heteroatoms. The molecule has 0 aliphatic rings. The molecule has 1 aromatic carbocycles. The lowest BCUT2D eigenvalue weighted by Gasteiger charge is -2.22. The maximum atomic E-state index is 14.3. The van der Waals surface area contributed by atoms with Crippen LogP contribution in [0.2, 0.25) is 0 Å². The van der Waals surface area contributed by atoms with Gasteiger partial charge < -0.3 is 25.2 Å². The van der Waals surface area contributed by atoms with Crippen LogP contribution in [0.4, 0.5) is 25.4 Å². The molecule has 4 N–H and O–H groups in total. The minimum absolute atomic E-state index is 0.00328. The molecule has 2 amide bonds. The molecule has 30 heavy (non-hydrogen) atoms. The molecule has 1 aromatic rings. The first kappa shape index (κ1) is 25.0. The van der Waals surface area contributed by atoms with Crippen molar-refractivity contribution < 1.29 is 33.4 Å². The summed E-state index contributed by atoms with van der Waals surface area (Å²) < 4.78 is 24.5. The summed E-state index contributed by atoms with van der Waals surface area (Å²) in [5.74, 6) is -1.90. The summed E-state index contributed by atoms with van der Waals surface area (Å²) in [6.45, 7) is 10.0. The summed E-state index contributed by atoms with van der Waals surface area (Å²) >= 11 is 0. The fraction of sp³-hybridized carbons (Fsp3) is 0.550. The summed E-state index contributed by atoms with van der Waals surface area (Å²) in [5.41, 5.74) is -1.39. The van der Waals surface area contributed by atoms with Gasteiger partial charge in [0, 0.05) is 6.54 Å².